The number of anilines is 2. The van der Waals surface area contributed by atoms with E-state index in [2.05, 4.69) is 20.6 Å². The summed E-state index contributed by atoms with van der Waals surface area (Å²) in [7, 11) is 3.22. The van der Waals surface area contributed by atoms with Gasteiger partial charge in [-0.3, -0.25) is 18.7 Å². The van der Waals surface area contributed by atoms with E-state index in [-0.39, 0.29) is 34.2 Å². The first kappa shape index (κ1) is 42.4. The van der Waals surface area contributed by atoms with Crippen molar-refractivity contribution in [1.29, 1.82) is 0 Å². The molecule has 0 saturated carbocycles. The number of rotatable bonds is 14. The fraction of sp³-hybridized carbons (Fsp3) is 0.118. The molecule has 0 aliphatic heterocycles. The molecule has 4 aromatic rings. The molecule has 0 aliphatic carbocycles. The first-order valence-electron chi connectivity index (χ1n) is 15.1. The Bertz CT molecular complexity index is 1850. The minimum Gasteiger partial charge on any atom is -0.492 e. The number of aldehydes is 2. The summed E-state index contributed by atoms with van der Waals surface area (Å²) in [6.45, 7) is 0.213. The van der Waals surface area contributed by atoms with E-state index in [4.69, 9.17) is 50.9 Å². The van der Waals surface area contributed by atoms with E-state index < -0.39 is 11.9 Å². The monoisotopic (exact) mass is 768 g/mol. The number of ether oxygens (including phenoxy) is 1. The Morgan fingerprint density at radius 3 is 1.60 bits per heavy atom. The molecule has 0 saturated heterocycles. The number of halogens is 2. The summed E-state index contributed by atoms with van der Waals surface area (Å²) in [5.41, 5.74) is 23.6. The Morgan fingerprint density at radius 2 is 1.21 bits per heavy atom. The van der Waals surface area contributed by atoms with E-state index in [0.717, 1.165) is 0 Å². The van der Waals surface area contributed by atoms with Crippen LogP contribution in [-0.4, -0.2) is 74.5 Å². The molecule has 2 heterocycles. The van der Waals surface area contributed by atoms with E-state index >= 15 is 0 Å². The number of nitrogens with one attached hydrogen (secondary N) is 2. The molecule has 4 rings (SSSR count). The maximum atomic E-state index is 11.2. The highest BCUT2D eigenvalue weighted by Gasteiger charge is 2.16. The van der Waals surface area contributed by atoms with Gasteiger partial charge in [0.25, 0.3) is 0 Å². The lowest BCUT2D eigenvalue weighted by Gasteiger charge is -2.14. The van der Waals surface area contributed by atoms with Crippen LogP contribution >= 0.6 is 23.2 Å². The maximum absolute atomic E-state index is 11.2. The van der Waals surface area contributed by atoms with Crippen LogP contribution in [0.25, 0.3) is 11.6 Å². The van der Waals surface area contributed by atoms with Crippen molar-refractivity contribution in [2.75, 3.05) is 31.3 Å². The van der Waals surface area contributed by atoms with Gasteiger partial charge < -0.3 is 48.5 Å². The van der Waals surface area contributed by atoms with Gasteiger partial charge in [0.2, 0.25) is 0 Å². The zero-order valence-electron chi connectivity index (χ0n) is 28.4. The molecule has 12 N–H and O–H groups in total. The number of carboxylic acids is 2. The minimum absolute atomic E-state index is 0.0424. The molecule has 280 valence electrons. The van der Waals surface area contributed by atoms with Crippen LogP contribution in [0.3, 0.4) is 0 Å². The summed E-state index contributed by atoms with van der Waals surface area (Å²) in [6, 6.07) is 5.88. The molecule has 0 bridgehead atoms. The second-order valence-electron chi connectivity index (χ2n) is 10.2. The number of allylic oxidation sites excluding steroid dienone is 6. The van der Waals surface area contributed by atoms with Crippen LogP contribution in [0.5, 0.6) is 5.75 Å². The van der Waals surface area contributed by atoms with Gasteiger partial charge in [-0.1, -0.05) is 23.2 Å². The van der Waals surface area contributed by atoms with Crippen molar-refractivity contribution < 1.29 is 34.1 Å². The summed E-state index contributed by atoms with van der Waals surface area (Å²) in [5.74, 6) is -0.950. The molecule has 0 atom stereocenters. The molecular weight excluding hydrogens is 731 g/mol. The Morgan fingerprint density at radius 1 is 0.755 bits per heavy atom. The molecule has 53 heavy (non-hydrogen) atoms. The summed E-state index contributed by atoms with van der Waals surface area (Å²) in [4.78, 5) is 50.3. The zero-order chi connectivity index (χ0) is 39.5. The summed E-state index contributed by atoms with van der Waals surface area (Å²) in [5, 5.41) is 24.5. The number of imidazole rings is 2. The lowest BCUT2D eigenvalue weighted by molar-refractivity contribution is -0.105. The van der Waals surface area contributed by atoms with Crippen LogP contribution in [-0.2, 0) is 16.0 Å². The quantitative estimate of drug-likeness (QED) is 0.0518. The number of hydrogen-bond acceptors (Lipinski definition) is 13. The molecule has 0 unspecified atom stereocenters. The van der Waals surface area contributed by atoms with Gasteiger partial charge in [-0.15, -0.1) is 0 Å². The summed E-state index contributed by atoms with van der Waals surface area (Å²) >= 11 is 12.3. The second kappa shape index (κ2) is 21.5. The highest BCUT2D eigenvalue weighted by atomic mass is 35.5. The summed E-state index contributed by atoms with van der Waals surface area (Å²) in [6.07, 6.45) is 17.1. The molecule has 0 amide bonds. The molecule has 2 aromatic carbocycles. The molecule has 0 aliphatic rings. The van der Waals surface area contributed by atoms with Crippen molar-refractivity contribution in [2.24, 2.45) is 22.9 Å². The number of carbonyl (C=O) groups is 4. The van der Waals surface area contributed by atoms with Crippen LogP contribution in [0.2, 0.25) is 10.0 Å². The predicted octanol–water partition coefficient (Wildman–Crippen LogP) is 3.46. The van der Waals surface area contributed by atoms with Crippen LogP contribution in [0.15, 0.2) is 97.4 Å². The molecular formula is C34H38Cl2N10O7. The number of carboxylic acid groups (broad SMARTS) is 2. The molecule has 2 aromatic heterocycles. The largest absolute Gasteiger partial charge is 0.492 e. The summed E-state index contributed by atoms with van der Waals surface area (Å²) < 4.78 is 8.88. The predicted molar refractivity (Wildman–Crippen MR) is 203 cm³/mol. The van der Waals surface area contributed by atoms with E-state index in [1.165, 1.54) is 42.5 Å². The Kier molecular flexibility index (Phi) is 17.2. The molecule has 0 radical (unpaired) electrons. The Balaban J connectivity index is 0.000000311. The smallest absolute Gasteiger partial charge is 0.337 e. The highest BCUT2D eigenvalue weighted by molar-refractivity contribution is 6.32. The number of benzene rings is 2. The van der Waals surface area contributed by atoms with Crippen molar-refractivity contribution in [1.82, 2.24) is 19.1 Å². The van der Waals surface area contributed by atoms with E-state index in [9.17, 15) is 29.4 Å². The third-order valence-electron chi connectivity index (χ3n) is 6.66. The Hall–Kier alpha value is -6.72. The van der Waals surface area contributed by atoms with Gasteiger partial charge in [0.15, 0.2) is 12.6 Å². The van der Waals surface area contributed by atoms with Gasteiger partial charge in [0.1, 0.15) is 30.0 Å². The van der Waals surface area contributed by atoms with E-state index in [0.29, 0.717) is 58.3 Å². The molecule has 0 fully saturated rings. The second-order valence-corrected chi connectivity index (χ2v) is 11.0. The Labute approximate surface area is 313 Å². The van der Waals surface area contributed by atoms with Gasteiger partial charge in [-0.25, -0.2) is 19.6 Å². The maximum Gasteiger partial charge on any atom is 0.337 e. The van der Waals surface area contributed by atoms with Gasteiger partial charge >= 0.3 is 11.9 Å². The van der Waals surface area contributed by atoms with Crippen molar-refractivity contribution in [3.63, 3.8) is 0 Å². The average molecular weight is 770 g/mol. The molecule has 17 nitrogen and oxygen atoms in total. The third kappa shape index (κ3) is 13.5. The topological polar surface area (TPSA) is 282 Å². The first-order valence-corrected chi connectivity index (χ1v) is 15.8. The van der Waals surface area contributed by atoms with Crippen molar-refractivity contribution in [3.8, 4) is 5.75 Å². The van der Waals surface area contributed by atoms with E-state index in [1.807, 2.05) is 0 Å². The van der Waals surface area contributed by atoms with Crippen molar-refractivity contribution in [2.45, 2.75) is 6.42 Å². The fourth-order valence-corrected chi connectivity index (χ4v) is 4.43. The number of hydrogen-bond donors (Lipinski definition) is 8. The SMILES string of the molecule is CNc1cc(CCOc2cc(NC)c(C(=O)O)cc2Cl)c(Cl)cc1C(=O)O.N/C(C=O)=C\C=C(/N)n1ccnc1.N/C(C=O)=C\C=C(/N)n1ccnc1. The van der Waals surface area contributed by atoms with Crippen LogP contribution in [0, 0.1) is 0 Å². The zero-order valence-corrected chi connectivity index (χ0v) is 30.0. The number of nitrogens with zero attached hydrogens (tertiary/aromatic N) is 4. The molecule has 19 heteroatoms. The minimum atomic E-state index is -1.10. The lowest BCUT2D eigenvalue weighted by Crippen LogP contribution is -2.08. The first-order chi connectivity index (χ1) is 25.3. The average Bonchev–Trinajstić information content (AvgIpc) is 3.90. The van der Waals surface area contributed by atoms with Crippen molar-refractivity contribution >= 4 is 70.7 Å². The van der Waals surface area contributed by atoms with Crippen LogP contribution < -0.4 is 38.3 Å². The van der Waals surface area contributed by atoms with Gasteiger partial charge in [0, 0.05) is 62.1 Å². The normalized spacial score (nSPS) is 11.6. The molecule has 0 spiro atoms. The standard InChI is InChI=1S/C18H18Cl2N2O5.2C8H10N4O/c1-21-14-5-9(12(19)6-10(14)17(23)24)3-4-27-16-8-15(22-2)11(18(25)26)7-13(16)20;2*9-7(5-13)1-2-8(10)12-4-3-11-6-12/h5-8,21-22H,3-4H2,1-2H3,(H,23,24)(H,25,26);2*1-6H,9-10H2/b;2*7-1-,8-2+. The van der Waals surface area contributed by atoms with Gasteiger partial charge in [-0.05, 0) is 48.1 Å². The number of carbonyl (C=O) groups excluding carboxylic acids is 2. The third-order valence-corrected chi connectivity index (χ3v) is 7.30. The van der Waals surface area contributed by atoms with Crippen LogP contribution in [0.1, 0.15) is 26.3 Å². The number of nitrogens with two attached hydrogens (primary N) is 4. The van der Waals surface area contributed by atoms with Crippen molar-refractivity contribution in [3.05, 3.63) is 124 Å². The lowest BCUT2D eigenvalue weighted by atomic mass is 10.1. The van der Waals surface area contributed by atoms with Crippen LogP contribution in [0.4, 0.5) is 11.4 Å². The number of aromatic carboxylic acids is 2. The highest BCUT2D eigenvalue weighted by Crippen LogP contribution is 2.32. The van der Waals surface area contributed by atoms with Gasteiger partial charge in [0.05, 0.1) is 39.8 Å². The van der Waals surface area contributed by atoms with E-state index in [1.54, 1.807) is 66.7 Å². The number of aromatic nitrogens is 4. The van der Waals surface area contributed by atoms with Gasteiger partial charge in [-0.2, -0.15) is 0 Å². The fourth-order valence-electron chi connectivity index (χ4n) is 3.95.